The maximum Gasteiger partial charge on any atom is 0.258 e. The van der Waals surface area contributed by atoms with Crippen molar-refractivity contribution >= 4 is 17.5 Å². The van der Waals surface area contributed by atoms with Gasteiger partial charge in [-0.1, -0.05) is 17.7 Å². The number of halogens is 1. The molecular formula is C15H23ClN2O3. The maximum atomic E-state index is 11.6. The Kier molecular flexibility index (Phi) is 8.12. The Morgan fingerprint density at radius 1 is 1.38 bits per heavy atom. The second-order valence-electron chi connectivity index (χ2n) is 4.90. The molecule has 1 aromatic carbocycles. The Balaban J connectivity index is 2.60. The van der Waals surface area contributed by atoms with Crippen molar-refractivity contribution in [1.82, 2.24) is 10.6 Å². The molecule has 0 spiro atoms. The molecule has 21 heavy (non-hydrogen) atoms. The largest absolute Gasteiger partial charge is 0.483 e. The summed E-state index contributed by atoms with van der Waals surface area (Å²) < 4.78 is 10.5. The van der Waals surface area contributed by atoms with Crippen molar-refractivity contribution < 1.29 is 14.3 Å². The summed E-state index contributed by atoms with van der Waals surface area (Å²) >= 11 is 6.19. The topological polar surface area (TPSA) is 59.6 Å². The summed E-state index contributed by atoms with van der Waals surface area (Å²) in [4.78, 5) is 11.6. The molecule has 1 aromatic rings. The minimum Gasteiger partial charge on any atom is -0.483 e. The van der Waals surface area contributed by atoms with Crippen LogP contribution in [0.1, 0.15) is 19.4 Å². The molecule has 1 rings (SSSR count). The summed E-state index contributed by atoms with van der Waals surface area (Å²) in [6.45, 7) is 5.69. The molecule has 0 saturated heterocycles. The van der Waals surface area contributed by atoms with Crippen LogP contribution in [0.2, 0.25) is 5.02 Å². The zero-order chi connectivity index (χ0) is 15.7. The fourth-order valence-electron chi connectivity index (χ4n) is 1.74. The van der Waals surface area contributed by atoms with Crippen molar-refractivity contribution in [2.45, 2.75) is 26.4 Å². The molecule has 0 bridgehead atoms. The van der Waals surface area contributed by atoms with Crippen LogP contribution in [0, 0.1) is 0 Å². The molecule has 0 unspecified atom stereocenters. The summed E-state index contributed by atoms with van der Waals surface area (Å²) in [6.07, 6.45) is 0. The molecule has 0 aliphatic rings. The van der Waals surface area contributed by atoms with Crippen LogP contribution in [0.4, 0.5) is 0 Å². The zero-order valence-corrected chi connectivity index (χ0v) is 13.5. The fraction of sp³-hybridized carbons (Fsp3) is 0.533. The van der Waals surface area contributed by atoms with Gasteiger partial charge in [0.15, 0.2) is 6.61 Å². The molecule has 5 nitrogen and oxygen atoms in total. The van der Waals surface area contributed by atoms with Gasteiger partial charge in [-0.15, -0.1) is 0 Å². The molecule has 118 valence electrons. The molecule has 0 aliphatic heterocycles. The van der Waals surface area contributed by atoms with Crippen LogP contribution in [-0.2, 0) is 16.1 Å². The molecule has 6 heteroatoms. The van der Waals surface area contributed by atoms with E-state index in [1.54, 1.807) is 19.2 Å². The number of amides is 1. The molecule has 0 radical (unpaired) electrons. The Bertz CT molecular complexity index is 453. The van der Waals surface area contributed by atoms with E-state index in [1.807, 2.05) is 19.9 Å². The lowest BCUT2D eigenvalue weighted by molar-refractivity contribution is -0.123. The van der Waals surface area contributed by atoms with Crippen LogP contribution in [-0.4, -0.2) is 38.8 Å². The summed E-state index contributed by atoms with van der Waals surface area (Å²) in [5.41, 5.74) is 0.840. The molecule has 0 saturated carbocycles. The summed E-state index contributed by atoms with van der Waals surface area (Å²) in [5.74, 6) is 0.467. The number of hydrogen-bond donors (Lipinski definition) is 2. The predicted molar refractivity (Wildman–Crippen MR) is 83.8 cm³/mol. The number of methoxy groups -OCH3 is 1. The second-order valence-corrected chi connectivity index (χ2v) is 5.30. The van der Waals surface area contributed by atoms with E-state index in [-0.39, 0.29) is 18.6 Å². The van der Waals surface area contributed by atoms with Crippen LogP contribution in [0.5, 0.6) is 5.75 Å². The third kappa shape index (κ3) is 6.80. The molecule has 0 fully saturated rings. The lowest BCUT2D eigenvalue weighted by Crippen LogP contribution is -2.34. The Morgan fingerprint density at radius 2 is 2.14 bits per heavy atom. The highest BCUT2D eigenvalue weighted by Crippen LogP contribution is 2.26. The van der Waals surface area contributed by atoms with Gasteiger partial charge in [0, 0.05) is 36.8 Å². The number of benzene rings is 1. The highest BCUT2D eigenvalue weighted by atomic mass is 35.5. The Labute approximate surface area is 131 Å². The van der Waals surface area contributed by atoms with Crippen LogP contribution in [0.3, 0.4) is 0 Å². The third-order valence-corrected chi connectivity index (χ3v) is 3.02. The van der Waals surface area contributed by atoms with Crippen LogP contribution in [0.25, 0.3) is 0 Å². The number of ether oxygens (including phenoxy) is 2. The van der Waals surface area contributed by atoms with Crippen molar-refractivity contribution in [3.8, 4) is 5.75 Å². The third-order valence-electron chi connectivity index (χ3n) is 2.67. The average molecular weight is 315 g/mol. The quantitative estimate of drug-likeness (QED) is 0.684. The highest BCUT2D eigenvalue weighted by Gasteiger charge is 2.10. The average Bonchev–Trinajstić information content (AvgIpc) is 2.42. The van der Waals surface area contributed by atoms with Gasteiger partial charge in [0.1, 0.15) is 5.75 Å². The van der Waals surface area contributed by atoms with Crippen LogP contribution in [0.15, 0.2) is 18.2 Å². The fourth-order valence-corrected chi connectivity index (χ4v) is 1.97. The first-order chi connectivity index (χ1) is 10.0. The first kappa shape index (κ1) is 17.8. The van der Waals surface area contributed by atoms with Crippen molar-refractivity contribution in [3.63, 3.8) is 0 Å². The van der Waals surface area contributed by atoms with Gasteiger partial charge < -0.3 is 20.1 Å². The smallest absolute Gasteiger partial charge is 0.258 e. The lowest BCUT2D eigenvalue weighted by atomic mass is 10.2. The van der Waals surface area contributed by atoms with E-state index in [0.29, 0.717) is 23.9 Å². The van der Waals surface area contributed by atoms with Gasteiger partial charge in [-0.3, -0.25) is 4.79 Å². The van der Waals surface area contributed by atoms with E-state index in [4.69, 9.17) is 21.1 Å². The molecule has 0 aliphatic carbocycles. The first-order valence-corrected chi connectivity index (χ1v) is 7.31. The van der Waals surface area contributed by atoms with Gasteiger partial charge >= 0.3 is 0 Å². The molecule has 0 atom stereocenters. The summed E-state index contributed by atoms with van der Waals surface area (Å²) in [5, 5.41) is 6.60. The second kappa shape index (κ2) is 9.60. The van der Waals surface area contributed by atoms with E-state index in [1.165, 1.54) is 0 Å². The van der Waals surface area contributed by atoms with E-state index < -0.39 is 0 Å². The molecule has 2 N–H and O–H groups in total. The van der Waals surface area contributed by atoms with Gasteiger partial charge in [0.25, 0.3) is 5.91 Å². The van der Waals surface area contributed by atoms with Crippen molar-refractivity contribution in [1.29, 1.82) is 0 Å². The van der Waals surface area contributed by atoms with Gasteiger partial charge in [-0.05, 0) is 26.0 Å². The van der Waals surface area contributed by atoms with Crippen LogP contribution < -0.4 is 15.4 Å². The Morgan fingerprint density at radius 3 is 2.81 bits per heavy atom. The minimum atomic E-state index is -0.150. The van der Waals surface area contributed by atoms with Gasteiger partial charge in [0.05, 0.1) is 6.61 Å². The molecular weight excluding hydrogens is 292 g/mol. The first-order valence-electron chi connectivity index (χ1n) is 6.93. The van der Waals surface area contributed by atoms with Gasteiger partial charge in [-0.2, -0.15) is 0 Å². The standard InChI is InChI=1S/C15H23ClN2O3/c1-11(2)18-15(19)10-21-14-6-4-5-13(16)12(14)9-17-7-8-20-3/h4-6,11,17H,7-10H2,1-3H3,(H,18,19). The number of rotatable bonds is 9. The van der Waals surface area contributed by atoms with E-state index in [2.05, 4.69) is 10.6 Å². The molecule has 0 heterocycles. The SMILES string of the molecule is COCCNCc1c(Cl)cccc1OCC(=O)NC(C)C. The van der Waals surface area contributed by atoms with E-state index >= 15 is 0 Å². The van der Waals surface area contributed by atoms with Crippen molar-refractivity contribution in [2.75, 3.05) is 26.9 Å². The minimum absolute atomic E-state index is 0.0242. The van der Waals surface area contributed by atoms with Crippen molar-refractivity contribution in [3.05, 3.63) is 28.8 Å². The number of hydrogen-bond acceptors (Lipinski definition) is 4. The number of carbonyl (C=O) groups excluding carboxylic acids is 1. The number of carbonyl (C=O) groups is 1. The van der Waals surface area contributed by atoms with E-state index in [0.717, 1.165) is 12.1 Å². The highest BCUT2D eigenvalue weighted by molar-refractivity contribution is 6.31. The molecule has 0 aromatic heterocycles. The normalized spacial score (nSPS) is 10.7. The van der Waals surface area contributed by atoms with Crippen LogP contribution >= 0.6 is 11.6 Å². The Hall–Kier alpha value is -1.30. The van der Waals surface area contributed by atoms with Crippen molar-refractivity contribution in [2.24, 2.45) is 0 Å². The summed E-state index contributed by atoms with van der Waals surface area (Å²) in [6, 6.07) is 5.50. The molecule has 1 amide bonds. The van der Waals surface area contributed by atoms with Gasteiger partial charge in [-0.25, -0.2) is 0 Å². The maximum absolute atomic E-state index is 11.6. The predicted octanol–water partition coefficient (Wildman–Crippen LogP) is 1.98. The van der Waals surface area contributed by atoms with E-state index in [9.17, 15) is 4.79 Å². The number of nitrogens with one attached hydrogen (secondary N) is 2. The zero-order valence-electron chi connectivity index (χ0n) is 12.7. The van der Waals surface area contributed by atoms with Gasteiger partial charge in [0.2, 0.25) is 0 Å². The lowest BCUT2D eigenvalue weighted by Gasteiger charge is -2.14. The monoisotopic (exact) mass is 314 g/mol. The summed E-state index contributed by atoms with van der Waals surface area (Å²) in [7, 11) is 1.65.